The van der Waals surface area contributed by atoms with Crippen molar-refractivity contribution in [1.82, 2.24) is 10.1 Å². The molecule has 0 unspecified atom stereocenters. The SMILES string of the molecule is COc1c(-c2conc2C(=O)Nc2ccnc(C(N)=O)c2)ccc(F)c1F. The van der Waals surface area contributed by atoms with Crippen LogP contribution in [-0.2, 0) is 0 Å². The summed E-state index contributed by atoms with van der Waals surface area (Å²) >= 11 is 0. The average molecular weight is 374 g/mol. The van der Waals surface area contributed by atoms with E-state index in [1.54, 1.807) is 0 Å². The molecule has 10 heteroatoms. The Kier molecular flexibility index (Phi) is 4.79. The predicted molar refractivity (Wildman–Crippen MR) is 89.1 cm³/mol. The summed E-state index contributed by atoms with van der Waals surface area (Å²) in [5.74, 6) is -4.18. The normalized spacial score (nSPS) is 10.5. The number of methoxy groups -OCH3 is 1. The van der Waals surface area contributed by atoms with Crippen molar-refractivity contribution in [2.45, 2.75) is 0 Å². The van der Waals surface area contributed by atoms with E-state index in [1.807, 2.05) is 0 Å². The van der Waals surface area contributed by atoms with Gasteiger partial charge in [-0.3, -0.25) is 14.6 Å². The Morgan fingerprint density at radius 1 is 1.22 bits per heavy atom. The highest BCUT2D eigenvalue weighted by Crippen LogP contribution is 2.35. The Hall–Kier alpha value is -3.82. The standard InChI is InChI=1S/C17H12F2N4O4/c1-26-15-9(2-3-11(18)13(15)19)10-7-27-23-14(10)17(25)22-8-4-5-21-12(6-8)16(20)24/h2-7H,1H3,(H2,20,24)(H,21,22,25). The lowest BCUT2D eigenvalue weighted by molar-refractivity contribution is 0.0991. The van der Waals surface area contributed by atoms with Crippen LogP contribution in [0, 0.1) is 11.6 Å². The molecule has 2 heterocycles. The van der Waals surface area contributed by atoms with Gasteiger partial charge in [0, 0.05) is 17.4 Å². The van der Waals surface area contributed by atoms with Crippen molar-refractivity contribution in [2.24, 2.45) is 5.73 Å². The maximum absolute atomic E-state index is 14.0. The number of nitrogens with zero attached hydrogens (tertiary/aromatic N) is 2. The smallest absolute Gasteiger partial charge is 0.278 e. The van der Waals surface area contributed by atoms with E-state index >= 15 is 0 Å². The molecule has 0 aliphatic heterocycles. The van der Waals surface area contributed by atoms with E-state index in [2.05, 4.69) is 15.5 Å². The second-order valence-electron chi connectivity index (χ2n) is 5.27. The summed E-state index contributed by atoms with van der Waals surface area (Å²) in [7, 11) is 1.16. The fourth-order valence-electron chi connectivity index (χ4n) is 2.37. The minimum Gasteiger partial charge on any atom is -0.493 e. The molecule has 27 heavy (non-hydrogen) atoms. The number of carbonyl (C=O) groups is 2. The van der Waals surface area contributed by atoms with Crippen LogP contribution in [0.25, 0.3) is 11.1 Å². The molecular formula is C17H12F2N4O4. The van der Waals surface area contributed by atoms with Gasteiger partial charge >= 0.3 is 0 Å². The summed E-state index contributed by atoms with van der Waals surface area (Å²) in [6, 6.07) is 4.84. The summed E-state index contributed by atoms with van der Waals surface area (Å²) in [5, 5.41) is 6.10. The average Bonchev–Trinajstić information content (AvgIpc) is 3.13. The molecule has 0 bridgehead atoms. The maximum atomic E-state index is 14.0. The largest absolute Gasteiger partial charge is 0.493 e. The van der Waals surface area contributed by atoms with Crippen molar-refractivity contribution in [3.05, 3.63) is 59.7 Å². The Morgan fingerprint density at radius 2 is 2.00 bits per heavy atom. The number of hydrogen-bond donors (Lipinski definition) is 2. The molecule has 0 fully saturated rings. The number of nitrogens with one attached hydrogen (secondary N) is 1. The Balaban J connectivity index is 1.96. The van der Waals surface area contributed by atoms with Gasteiger partial charge < -0.3 is 20.3 Å². The van der Waals surface area contributed by atoms with Crippen LogP contribution in [0.2, 0.25) is 0 Å². The van der Waals surface area contributed by atoms with Crippen LogP contribution in [0.4, 0.5) is 14.5 Å². The zero-order chi connectivity index (χ0) is 19.6. The van der Waals surface area contributed by atoms with Crippen LogP contribution in [0.1, 0.15) is 21.0 Å². The van der Waals surface area contributed by atoms with Gasteiger partial charge in [0.15, 0.2) is 17.3 Å². The zero-order valence-corrected chi connectivity index (χ0v) is 13.8. The summed E-state index contributed by atoms with van der Waals surface area (Å²) in [4.78, 5) is 27.5. The van der Waals surface area contributed by atoms with Gasteiger partial charge in [-0.05, 0) is 24.3 Å². The second kappa shape index (κ2) is 7.20. The number of carbonyl (C=O) groups excluding carboxylic acids is 2. The lowest BCUT2D eigenvalue weighted by Gasteiger charge is -2.10. The Morgan fingerprint density at radius 3 is 2.70 bits per heavy atom. The zero-order valence-electron chi connectivity index (χ0n) is 13.8. The van der Waals surface area contributed by atoms with Crippen molar-refractivity contribution in [2.75, 3.05) is 12.4 Å². The number of anilines is 1. The summed E-state index contributed by atoms with van der Waals surface area (Å²) in [6.45, 7) is 0. The maximum Gasteiger partial charge on any atom is 0.278 e. The number of ether oxygens (including phenoxy) is 1. The number of hydrogen-bond acceptors (Lipinski definition) is 6. The topological polar surface area (TPSA) is 120 Å². The van der Waals surface area contributed by atoms with Gasteiger partial charge in [-0.1, -0.05) is 5.16 Å². The lowest BCUT2D eigenvalue weighted by Crippen LogP contribution is -2.16. The van der Waals surface area contributed by atoms with E-state index in [1.165, 1.54) is 24.4 Å². The molecule has 0 saturated carbocycles. The van der Waals surface area contributed by atoms with Gasteiger partial charge in [0.05, 0.1) is 12.7 Å². The van der Waals surface area contributed by atoms with Crippen LogP contribution in [-0.4, -0.2) is 29.1 Å². The highest BCUT2D eigenvalue weighted by molar-refractivity contribution is 6.07. The number of pyridine rings is 1. The van der Waals surface area contributed by atoms with E-state index in [9.17, 15) is 18.4 Å². The van der Waals surface area contributed by atoms with Crippen LogP contribution in [0.3, 0.4) is 0 Å². The van der Waals surface area contributed by atoms with Gasteiger partial charge in [0.1, 0.15) is 12.0 Å². The number of aromatic nitrogens is 2. The van der Waals surface area contributed by atoms with Gasteiger partial charge in [-0.2, -0.15) is 4.39 Å². The second-order valence-corrected chi connectivity index (χ2v) is 5.27. The first kappa shape index (κ1) is 18.0. The molecule has 138 valence electrons. The molecule has 3 N–H and O–H groups in total. The van der Waals surface area contributed by atoms with E-state index < -0.39 is 29.2 Å². The first-order valence-corrected chi connectivity index (χ1v) is 7.46. The van der Waals surface area contributed by atoms with Gasteiger partial charge in [0.25, 0.3) is 11.8 Å². The third-order valence-electron chi connectivity index (χ3n) is 3.60. The van der Waals surface area contributed by atoms with E-state index in [-0.39, 0.29) is 28.2 Å². The number of halogens is 2. The quantitative estimate of drug-likeness (QED) is 0.707. The fourth-order valence-corrected chi connectivity index (χ4v) is 2.37. The first-order valence-electron chi connectivity index (χ1n) is 7.46. The molecule has 2 aromatic heterocycles. The number of rotatable bonds is 5. The predicted octanol–water partition coefficient (Wildman–Crippen LogP) is 2.37. The summed E-state index contributed by atoms with van der Waals surface area (Å²) < 4.78 is 37.1. The molecular weight excluding hydrogens is 362 g/mol. The summed E-state index contributed by atoms with van der Waals surface area (Å²) in [6.07, 6.45) is 2.39. The molecule has 3 rings (SSSR count). The first-order chi connectivity index (χ1) is 12.9. The minimum atomic E-state index is -1.21. The molecule has 0 aliphatic carbocycles. The number of benzene rings is 1. The van der Waals surface area contributed by atoms with E-state index in [0.29, 0.717) is 0 Å². The van der Waals surface area contributed by atoms with E-state index in [0.717, 1.165) is 19.4 Å². The number of primary amides is 1. The molecule has 0 spiro atoms. The molecule has 0 radical (unpaired) electrons. The third kappa shape index (κ3) is 3.45. The van der Waals surface area contributed by atoms with Crippen molar-refractivity contribution in [3.8, 4) is 16.9 Å². The Labute approximate surface area is 150 Å². The highest BCUT2D eigenvalue weighted by Gasteiger charge is 2.24. The molecule has 0 saturated heterocycles. The molecule has 1 aromatic carbocycles. The Bertz CT molecular complexity index is 1040. The van der Waals surface area contributed by atoms with Crippen molar-refractivity contribution in [1.29, 1.82) is 0 Å². The highest BCUT2D eigenvalue weighted by atomic mass is 19.2. The van der Waals surface area contributed by atoms with Gasteiger partial charge in [0.2, 0.25) is 5.82 Å². The number of amides is 2. The third-order valence-corrected chi connectivity index (χ3v) is 3.60. The monoisotopic (exact) mass is 374 g/mol. The van der Waals surface area contributed by atoms with Crippen LogP contribution >= 0.6 is 0 Å². The molecule has 8 nitrogen and oxygen atoms in total. The summed E-state index contributed by atoms with van der Waals surface area (Å²) in [5.41, 5.74) is 5.30. The van der Waals surface area contributed by atoms with Crippen molar-refractivity contribution < 1.29 is 27.6 Å². The molecule has 3 aromatic rings. The van der Waals surface area contributed by atoms with Crippen LogP contribution < -0.4 is 15.8 Å². The van der Waals surface area contributed by atoms with Crippen molar-refractivity contribution in [3.63, 3.8) is 0 Å². The molecule has 0 atom stereocenters. The minimum absolute atomic E-state index is 0.0459. The lowest BCUT2D eigenvalue weighted by atomic mass is 10.0. The van der Waals surface area contributed by atoms with Gasteiger partial charge in [-0.15, -0.1) is 0 Å². The fraction of sp³-hybridized carbons (Fsp3) is 0.0588. The molecule has 2 amide bonds. The van der Waals surface area contributed by atoms with Crippen LogP contribution in [0.15, 0.2) is 41.2 Å². The van der Waals surface area contributed by atoms with Crippen molar-refractivity contribution >= 4 is 17.5 Å². The van der Waals surface area contributed by atoms with E-state index in [4.69, 9.17) is 15.0 Å². The molecule has 0 aliphatic rings. The van der Waals surface area contributed by atoms with Gasteiger partial charge in [-0.25, -0.2) is 4.39 Å². The number of nitrogens with two attached hydrogens (primary N) is 1. The van der Waals surface area contributed by atoms with Crippen LogP contribution in [0.5, 0.6) is 5.75 Å².